The van der Waals surface area contributed by atoms with Crippen LogP contribution >= 0.6 is 0 Å². The van der Waals surface area contributed by atoms with Crippen LogP contribution in [0.15, 0.2) is 24.3 Å². The minimum atomic E-state index is -0.359. The second kappa shape index (κ2) is 5.11. The van der Waals surface area contributed by atoms with Crippen LogP contribution in [0.3, 0.4) is 0 Å². The highest BCUT2D eigenvalue weighted by Gasteiger charge is 2.38. The van der Waals surface area contributed by atoms with E-state index in [0.717, 1.165) is 5.56 Å². The van der Waals surface area contributed by atoms with Gasteiger partial charge in [-0.05, 0) is 24.6 Å². The second-order valence-corrected chi connectivity index (χ2v) is 4.47. The van der Waals surface area contributed by atoms with Gasteiger partial charge in [-0.3, -0.25) is 9.59 Å². The fourth-order valence-corrected chi connectivity index (χ4v) is 1.87. The van der Waals surface area contributed by atoms with Crippen LogP contribution < -0.4 is 0 Å². The number of carbonyl (C=O) groups is 2. The van der Waals surface area contributed by atoms with Crippen molar-refractivity contribution in [2.45, 2.75) is 18.9 Å². The topological polar surface area (TPSA) is 70.2 Å². The van der Waals surface area contributed by atoms with Crippen LogP contribution in [-0.2, 0) is 9.53 Å². The number of carbonyl (C=O) groups excluding carboxylic acids is 2. The fraction of sp³-hybridized carbons (Fsp3) is 0.357. The Balaban J connectivity index is 2.09. The minimum absolute atomic E-state index is 0.149. The maximum Gasteiger partial charge on any atom is 0.312 e. The molecule has 2 atom stereocenters. The van der Waals surface area contributed by atoms with Gasteiger partial charge in [0.15, 0.2) is 0 Å². The van der Waals surface area contributed by atoms with E-state index in [0.29, 0.717) is 12.1 Å². The Morgan fingerprint density at radius 3 is 2.53 bits per heavy atom. The Bertz CT molecular complexity index is 545. The second-order valence-electron chi connectivity index (χ2n) is 4.47. The molecule has 5 heteroatoms. The van der Waals surface area contributed by atoms with Crippen molar-refractivity contribution in [2.24, 2.45) is 0 Å². The first kappa shape index (κ1) is 13.1. The van der Waals surface area contributed by atoms with Crippen molar-refractivity contribution < 1.29 is 14.3 Å². The first-order valence-corrected chi connectivity index (χ1v) is 5.97. The minimum Gasteiger partial charge on any atom is -0.469 e. The number of nitriles is 1. The highest BCUT2D eigenvalue weighted by Crippen LogP contribution is 2.22. The van der Waals surface area contributed by atoms with Gasteiger partial charge in [0.1, 0.15) is 6.04 Å². The quantitative estimate of drug-likeness (QED) is 0.605. The molecule has 0 aliphatic carbocycles. The molecule has 1 aliphatic rings. The van der Waals surface area contributed by atoms with Gasteiger partial charge in [-0.25, -0.2) is 0 Å². The van der Waals surface area contributed by atoms with Gasteiger partial charge in [-0.2, -0.15) is 5.26 Å². The van der Waals surface area contributed by atoms with Crippen molar-refractivity contribution in [2.75, 3.05) is 13.7 Å². The average Bonchev–Trinajstić information content (AvgIpc) is 3.24. The molecule has 1 saturated heterocycles. The molecule has 0 spiro atoms. The zero-order chi connectivity index (χ0) is 14.0. The van der Waals surface area contributed by atoms with Gasteiger partial charge >= 0.3 is 5.97 Å². The number of hydrogen-bond donors (Lipinski definition) is 0. The Labute approximate surface area is 111 Å². The third-order valence-corrected chi connectivity index (χ3v) is 3.23. The van der Waals surface area contributed by atoms with E-state index < -0.39 is 0 Å². The molecule has 5 nitrogen and oxygen atoms in total. The number of hydrogen-bond acceptors (Lipinski definition) is 4. The summed E-state index contributed by atoms with van der Waals surface area (Å²) in [4.78, 5) is 24.8. The molecule has 1 aromatic carbocycles. The van der Waals surface area contributed by atoms with Crippen LogP contribution in [0.1, 0.15) is 28.8 Å². The Morgan fingerprint density at radius 1 is 1.42 bits per heavy atom. The van der Waals surface area contributed by atoms with Gasteiger partial charge in [0.2, 0.25) is 0 Å². The first-order chi connectivity index (χ1) is 9.08. The van der Waals surface area contributed by atoms with Gasteiger partial charge in [-0.1, -0.05) is 12.1 Å². The fourth-order valence-electron chi connectivity index (χ4n) is 1.87. The summed E-state index contributed by atoms with van der Waals surface area (Å²) >= 11 is 0. The predicted molar refractivity (Wildman–Crippen MR) is 67.3 cm³/mol. The average molecular weight is 258 g/mol. The SMILES string of the molecule is COC(=O)C(C)c1ccc(C(=O)N2CC2C#N)cc1. The van der Waals surface area contributed by atoms with Crippen molar-refractivity contribution in [3.63, 3.8) is 0 Å². The molecule has 98 valence electrons. The van der Waals surface area contributed by atoms with Crippen molar-refractivity contribution in [3.05, 3.63) is 35.4 Å². The van der Waals surface area contributed by atoms with Crippen molar-refractivity contribution in [3.8, 4) is 6.07 Å². The number of methoxy groups -OCH3 is 1. The molecule has 2 unspecified atom stereocenters. The maximum atomic E-state index is 11.9. The molecule has 1 fully saturated rings. The van der Waals surface area contributed by atoms with Crippen molar-refractivity contribution >= 4 is 11.9 Å². The number of rotatable bonds is 3. The standard InChI is InChI=1S/C14H14N2O3/c1-9(14(18)19-2)10-3-5-11(6-4-10)13(17)16-8-12(16)7-15/h3-6,9,12H,8H2,1-2H3. The molecule has 1 amide bonds. The maximum absolute atomic E-state index is 11.9. The van der Waals surface area contributed by atoms with E-state index in [-0.39, 0.29) is 23.8 Å². The Morgan fingerprint density at radius 2 is 2.05 bits per heavy atom. The van der Waals surface area contributed by atoms with Gasteiger partial charge in [-0.15, -0.1) is 0 Å². The predicted octanol–water partition coefficient (Wildman–Crippen LogP) is 1.31. The lowest BCUT2D eigenvalue weighted by Gasteiger charge is -2.10. The molecule has 1 aromatic rings. The van der Waals surface area contributed by atoms with E-state index in [2.05, 4.69) is 4.74 Å². The lowest BCUT2D eigenvalue weighted by Crippen LogP contribution is -2.14. The van der Waals surface area contributed by atoms with Gasteiger partial charge in [0, 0.05) is 5.56 Å². The van der Waals surface area contributed by atoms with E-state index in [1.165, 1.54) is 12.0 Å². The van der Waals surface area contributed by atoms with Crippen LogP contribution in [0, 0.1) is 11.3 Å². The third-order valence-electron chi connectivity index (χ3n) is 3.23. The molecule has 0 aromatic heterocycles. The molecule has 0 bridgehead atoms. The summed E-state index contributed by atoms with van der Waals surface area (Å²) in [6.07, 6.45) is 0. The summed E-state index contributed by atoms with van der Waals surface area (Å²) in [5.41, 5.74) is 1.32. The molecule has 0 saturated carbocycles. The summed E-state index contributed by atoms with van der Waals surface area (Å²) < 4.78 is 4.67. The normalized spacial score (nSPS) is 18.4. The molecule has 1 aliphatic heterocycles. The summed E-state index contributed by atoms with van der Waals surface area (Å²) in [7, 11) is 1.35. The summed E-state index contributed by atoms with van der Waals surface area (Å²) in [5, 5.41) is 8.68. The lowest BCUT2D eigenvalue weighted by atomic mass is 10.00. The van der Waals surface area contributed by atoms with E-state index in [9.17, 15) is 9.59 Å². The zero-order valence-corrected chi connectivity index (χ0v) is 10.8. The Hall–Kier alpha value is -2.35. The molecule has 0 radical (unpaired) electrons. The molecular weight excluding hydrogens is 244 g/mol. The van der Waals surface area contributed by atoms with Gasteiger partial charge in [0.25, 0.3) is 5.91 Å². The highest BCUT2D eigenvalue weighted by molar-refractivity contribution is 5.96. The highest BCUT2D eigenvalue weighted by atomic mass is 16.5. The number of ether oxygens (including phenoxy) is 1. The lowest BCUT2D eigenvalue weighted by molar-refractivity contribution is -0.141. The van der Waals surface area contributed by atoms with E-state index >= 15 is 0 Å². The molecule has 19 heavy (non-hydrogen) atoms. The smallest absolute Gasteiger partial charge is 0.312 e. The summed E-state index contributed by atoms with van der Waals surface area (Å²) in [5.74, 6) is -0.819. The van der Waals surface area contributed by atoms with Crippen LogP contribution in [0.5, 0.6) is 0 Å². The van der Waals surface area contributed by atoms with E-state index in [1.807, 2.05) is 6.07 Å². The monoisotopic (exact) mass is 258 g/mol. The molecular formula is C14H14N2O3. The van der Waals surface area contributed by atoms with Crippen LogP contribution in [0.4, 0.5) is 0 Å². The van der Waals surface area contributed by atoms with Gasteiger partial charge in [0.05, 0.1) is 25.6 Å². The molecule has 0 N–H and O–H groups in total. The summed E-state index contributed by atoms with van der Waals surface area (Å²) in [6, 6.07) is 8.56. The zero-order valence-electron chi connectivity index (χ0n) is 10.8. The van der Waals surface area contributed by atoms with Gasteiger partial charge < -0.3 is 9.64 Å². The number of nitrogens with zero attached hydrogens (tertiary/aromatic N) is 2. The number of amides is 1. The van der Waals surface area contributed by atoms with Crippen LogP contribution in [-0.4, -0.2) is 36.5 Å². The number of esters is 1. The number of benzene rings is 1. The largest absolute Gasteiger partial charge is 0.469 e. The van der Waals surface area contributed by atoms with Crippen molar-refractivity contribution in [1.82, 2.24) is 4.90 Å². The van der Waals surface area contributed by atoms with Crippen LogP contribution in [0.25, 0.3) is 0 Å². The van der Waals surface area contributed by atoms with Crippen molar-refractivity contribution in [1.29, 1.82) is 5.26 Å². The molecule has 2 rings (SSSR count). The van der Waals surface area contributed by atoms with E-state index in [4.69, 9.17) is 5.26 Å². The third kappa shape index (κ3) is 2.58. The first-order valence-electron chi connectivity index (χ1n) is 5.97. The van der Waals surface area contributed by atoms with Crippen LogP contribution in [0.2, 0.25) is 0 Å². The van der Waals surface area contributed by atoms with E-state index in [1.54, 1.807) is 31.2 Å². The summed E-state index contributed by atoms with van der Waals surface area (Å²) in [6.45, 7) is 2.24. The molecule has 1 heterocycles. The Kier molecular flexibility index (Phi) is 3.52.